The molecule has 0 aliphatic carbocycles. The third-order valence-electron chi connectivity index (χ3n) is 3.26. The molecule has 2 N–H and O–H groups in total. The quantitative estimate of drug-likeness (QED) is 0.830. The van der Waals surface area contributed by atoms with Crippen LogP contribution in [0.3, 0.4) is 0 Å². The number of carbonyl (C=O) groups excluding carboxylic acids is 2. The second-order valence-corrected chi connectivity index (χ2v) is 4.74. The van der Waals surface area contributed by atoms with Crippen molar-refractivity contribution >= 4 is 17.8 Å². The average Bonchev–Trinajstić information content (AvgIpc) is 2.63. The van der Waals surface area contributed by atoms with Crippen molar-refractivity contribution in [2.45, 2.75) is 25.2 Å². The van der Waals surface area contributed by atoms with Crippen LogP contribution in [0.4, 0.5) is 23.8 Å². The monoisotopic (exact) mass is 302 g/mol. The molecule has 0 aromatic carbocycles. The molecule has 2 rings (SSSR count). The van der Waals surface area contributed by atoms with Gasteiger partial charge in [-0.2, -0.15) is 13.2 Å². The molecular formula is C12H13F3N4O2. The summed E-state index contributed by atoms with van der Waals surface area (Å²) in [6, 6.07) is 2.00. The number of carbonyl (C=O) groups is 2. The number of rotatable bonds is 3. The highest BCUT2D eigenvalue weighted by Gasteiger charge is 2.64. The maximum atomic E-state index is 12.9. The highest BCUT2D eigenvalue weighted by Crippen LogP contribution is 2.35. The summed E-state index contributed by atoms with van der Waals surface area (Å²) in [7, 11) is 1.63. The Morgan fingerprint density at radius 3 is 2.62 bits per heavy atom. The van der Waals surface area contributed by atoms with Gasteiger partial charge in [-0.3, -0.25) is 9.69 Å². The van der Waals surface area contributed by atoms with Crippen LogP contribution >= 0.6 is 0 Å². The van der Waals surface area contributed by atoms with Gasteiger partial charge in [0, 0.05) is 13.2 Å². The second kappa shape index (κ2) is 4.90. The Labute approximate surface area is 118 Å². The van der Waals surface area contributed by atoms with Crippen molar-refractivity contribution in [3.8, 4) is 0 Å². The van der Waals surface area contributed by atoms with E-state index in [0.717, 1.165) is 0 Å². The third-order valence-corrected chi connectivity index (χ3v) is 3.26. The summed E-state index contributed by atoms with van der Waals surface area (Å²) in [4.78, 5) is 28.1. The van der Waals surface area contributed by atoms with Crippen molar-refractivity contribution in [1.29, 1.82) is 0 Å². The molecule has 114 valence electrons. The van der Waals surface area contributed by atoms with Gasteiger partial charge in [-0.1, -0.05) is 0 Å². The number of alkyl halides is 3. The van der Waals surface area contributed by atoms with Crippen LogP contribution in [0.5, 0.6) is 0 Å². The van der Waals surface area contributed by atoms with E-state index in [4.69, 9.17) is 0 Å². The number of aromatic nitrogens is 1. The number of nitrogens with zero attached hydrogens (tertiary/aromatic N) is 2. The molecule has 3 amide bonds. The minimum absolute atomic E-state index is 0.256. The molecular weight excluding hydrogens is 289 g/mol. The molecule has 1 fully saturated rings. The molecule has 1 aliphatic heterocycles. The van der Waals surface area contributed by atoms with E-state index in [0.29, 0.717) is 23.2 Å². The summed E-state index contributed by atoms with van der Waals surface area (Å²) in [6.45, 7) is 0.395. The zero-order valence-electron chi connectivity index (χ0n) is 11.3. The normalized spacial score (nSPS) is 22.4. The largest absolute Gasteiger partial charge is 0.420 e. The maximum Gasteiger partial charge on any atom is 0.420 e. The molecule has 1 atom stereocenters. The molecule has 1 aromatic rings. The molecule has 2 heterocycles. The zero-order chi connectivity index (χ0) is 15.8. The number of urea groups is 1. The lowest BCUT2D eigenvalue weighted by Gasteiger charge is -2.24. The van der Waals surface area contributed by atoms with Crippen LogP contribution in [-0.2, 0) is 11.3 Å². The highest BCUT2D eigenvalue weighted by molar-refractivity contribution is 6.07. The maximum absolute atomic E-state index is 12.9. The zero-order valence-corrected chi connectivity index (χ0v) is 11.3. The summed E-state index contributed by atoms with van der Waals surface area (Å²) in [5, 5.41) is 4.46. The van der Waals surface area contributed by atoms with Gasteiger partial charge in [0.1, 0.15) is 5.82 Å². The fourth-order valence-electron chi connectivity index (χ4n) is 1.92. The summed E-state index contributed by atoms with van der Waals surface area (Å²) in [5.74, 6) is -0.832. The smallest absolute Gasteiger partial charge is 0.373 e. The van der Waals surface area contributed by atoms with Gasteiger partial charge in [0.05, 0.1) is 6.54 Å². The van der Waals surface area contributed by atoms with Crippen molar-refractivity contribution in [3.63, 3.8) is 0 Å². The van der Waals surface area contributed by atoms with Crippen LogP contribution in [0.15, 0.2) is 18.3 Å². The molecule has 6 nitrogen and oxygen atoms in total. The lowest BCUT2D eigenvalue weighted by molar-refractivity contribution is -0.191. The molecule has 1 aliphatic rings. The van der Waals surface area contributed by atoms with Crippen molar-refractivity contribution in [3.05, 3.63) is 23.9 Å². The minimum Gasteiger partial charge on any atom is -0.373 e. The van der Waals surface area contributed by atoms with E-state index in [2.05, 4.69) is 10.3 Å². The van der Waals surface area contributed by atoms with Crippen LogP contribution < -0.4 is 10.6 Å². The average molecular weight is 302 g/mol. The number of anilines is 1. The number of imide groups is 1. The Hall–Kier alpha value is -2.32. The fourth-order valence-corrected chi connectivity index (χ4v) is 1.92. The third kappa shape index (κ3) is 2.50. The second-order valence-electron chi connectivity index (χ2n) is 4.74. The van der Waals surface area contributed by atoms with Crippen LogP contribution in [0, 0.1) is 0 Å². The number of nitrogens with one attached hydrogen (secondary N) is 2. The molecule has 9 heteroatoms. The van der Waals surface area contributed by atoms with Crippen LogP contribution in [0.25, 0.3) is 0 Å². The Kier molecular flexibility index (Phi) is 3.52. The van der Waals surface area contributed by atoms with Gasteiger partial charge in [-0.05, 0) is 24.6 Å². The highest BCUT2D eigenvalue weighted by atomic mass is 19.4. The summed E-state index contributed by atoms with van der Waals surface area (Å²) < 4.78 is 38.8. The van der Waals surface area contributed by atoms with Crippen molar-refractivity contribution < 1.29 is 22.8 Å². The molecule has 1 aromatic heterocycles. The molecule has 1 unspecified atom stereocenters. The van der Waals surface area contributed by atoms with Crippen molar-refractivity contribution in [1.82, 2.24) is 15.2 Å². The molecule has 21 heavy (non-hydrogen) atoms. The van der Waals surface area contributed by atoms with Gasteiger partial charge >= 0.3 is 12.2 Å². The fraction of sp³-hybridized carbons (Fsp3) is 0.417. The van der Waals surface area contributed by atoms with Crippen molar-refractivity contribution in [2.75, 3.05) is 12.4 Å². The summed E-state index contributed by atoms with van der Waals surface area (Å²) in [6.07, 6.45) is -3.43. The van der Waals surface area contributed by atoms with E-state index in [1.807, 2.05) is 0 Å². The summed E-state index contributed by atoms with van der Waals surface area (Å²) in [5.41, 5.74) is -2.40. The Balaban J connectivity index is 2.25. The van der Waals surface area contributed by atoms with Crippen LogP contribution in [-0.4, -0.2) is 40.6 Å². The SMILES string of the molecule is CNc1cc(CN2C(=O)NC(C)(C(F)(F)F)C2=O)ccn1. The minimum atomic E-state index is -4.86. The van der Waals surface area contributed by atoms with E-state index in [-0.39, 0.29) is 6.54 Å². The lowest BCUT2D eigenvalue weighted by atomic mass is 10.0. The number of halogens is 3. The first-order valence-corrected chi connectivity index (χ1v) is 6.02. The predicted octanol–water partition coefficient (Wildman–Crippen LogP) is 1.50. The van der Waals surface area contributed by atoms with E-state index >= 15 is 0 Å². The van der Waals surface area contributed by atoms with E-state index in [1.165, 1.54) is 12.3 Å². The number of amides is 3. The Bertz CT molecular complexity index is 590. The Morgan fingerprint density at radius 1 is 1.43 bits per heavy atom. The predicted molar refractivity (Wildman–Crippen MR) is 67.3 cm³/mol. The van der Waals surface area contributed by atoms with E-state index in [9.17, 15) is 22.8 Å². The van der Waals surface area contributed by atoms with Crippen molar-refractivity contribution in [2.24, 2.45) is 0 Å². The molecule has 0 radical (unpaired) electrons. The first-order valence-electron chi connectivity index (χ1n) is 6.02. The standard InChI is InChI=1S/C12H13F3N4O2/c1-11(12(13,14)15)9(20)19(10(21)18-11)6-7-3-4-17-8(5-7)16-2/h3-5H,6H2,1-2H3,(H,16,17)(H,18,21). The van der Waals surface area contributed by atoms with Gasteiger partial charge in [-0.25, -0.2) is 9.78 Å². The van der Waals surface area contributed by atoms with Crippen LogP contribution in [0.1, 0.15) is 12.5 Å². The topological polar surface area (TPSA) is 74.3 Å². The Morgan fingerprint density at radius 2 is 2.10 bits per heavy atom. The van der Waals surface area contributed by atoms with E-state index in [1.54, 1.807) is 18.4 Å². The number of hydrogen-bond acceptors (Lipinski definition) is 4. The lowest BCUT2D eigenvalue weighted by Crippen LogP contribution is -2.56. The van der Waals surface area contributed by atoms with Gasteiger partial charge in [-0.15, -0.1) is 0 Å². The molecule has 0 bridgehead atoms. The van der Waals surface area contributed by atoms with Gasteiger partial charge in [0.15, 0.2) is 0 Å². The number of hydrogen-bond donors (Lipinski definition) is 2. The number of pyridine rings is 1. The van der Waals surface area contributed by atoms with E-state index < -0.39 is 23.7 Å². The van der Waals surface area contributed by atoms with Crippen LogP contribution in [0.2, 0.25) is 0 Å². The first kappa shape index (κ1) is 15.1. The van der Waals surface area contributed by atoms with Gasteiger partial charge < -0.3 is 10.6 Å². The first-order chi connectivity index (χ1) is 9.69. The van der Waals surface area contributed by atoms with Gasteiger partial charge in [0.25, 0.3) is 5.91 Å². The molecule has 0 saturated carbocycles. The summed E-state index contributed by atoms with van der Waals surface area (Å²) >= 11 is 0. The molecule has 1 saturated heterocycles. The molecule has 0 spiro atoms. The van der Waals surface area contributed by atoms with Gasteiger partial charge in [0.2, 0.25) is 5.54 Å².